The fourth-order valence-corrected chi connectivity index (χ4v) is 2.88. The van der Waals surface area contributed by atoms with E-state index >= 15 is 0 Å². The number of nitrogens with one attached hydrogen (secondary N) is 1. The molecule has 0 radical (unpaired) electrons. The highest BCUT2D eigenvalue weighted by Gasteiger charge is 2.08. The molecule has 1 atom stereocenters. The van der Waals surface area contributed by atoms with Crippen molar-refractivity contribution in [3.8, 4) is 5.75 Å². The molecule has 1 aromatic heterocycles. The Morgan fingerprint density at radius 2 is 1.95 bits per heavy atom. The van der Waals surface area contributed by atoms with Gasteiger partial charge >= 0.3 is 0 Å². The van der Waals surface area contributed by atoms with Crippen molar-refractivity contribution in [1.29, 1.82) is 0 Å². The minimum atomic E-state index is 0.313. The fraction of sp³-hybridized carbons (Fsp3) is 0.400. The SMILES string of the molecule is COc1ccc([C@H](C)NCc2sc(C)nc2C)cc1. The number of benzene rings is 1. The van der Waals surface area contributed by atoms with E-state index < -0.39 is 0 Å². The first kappa shape index (κ1) is 14.0. The van der Waals surface area contributed by atoms with Crippen LogP contribution in [-0.4, -0.2) is 12.1 Å². The lowest BCUT2D eigenvalue weighted by atomic mass is 10.1. The molecule has 0 aliphatic heterocycles. The van der Waals surface area contributed by atoms with Crippen LogP contribution in [0.2, 0.25) is 0 Å². The van der Waals surface area contributed by atoms with Crippen molar-refractivity contribution in [2.45, 2.75) is 33.4 Å². The summed E-state index contributed by atoms with van der Waals surface area (Å²) in [5.74, 6) is 0.893. The maximum atomic E-state index is 5.17. The van der Waals surface area contributed by atoms with Crippen LogP contribution in [0.4, 0.5) is 0 Å². The van der Waals surface area contributed by atoms with Crippen LogP contribution in [0.5, 0.6) is 5.75 Å². The number of hydrogen-bond donors (Lipinski definition) is 1. The molecule has 0 amide bonds. The van der Waals surface area contributed by atoms with E-state index in [0.717, 1.165) is 23.0 Å². The van der Waals surface area contributed by atoms with Gasteiger partial charge in [0.05, 0.1) is 17.8 Å². The Hall–Kier alpha value is -1.39. The average molecular weight is 276 g/mol. The van der Waals surface area contributed by atoms with Crippen LogP contribution in [0.25, 0.3) is 0 Å². The standard InChI is InChI=1S/C15H20N2OS/c1-10(13-5-7-14(18-4)8-6-13)16-9-15-11(2)17-12(3)19-15/h5-8,10,16H,9H2,1-4H3/t10-/m0/s1. The minimum Gasteiger partial charge on any atom is -0.497 e. The lowest BCUT2D eigenvalue weighted by molar-refractivity contribution is 0.414. The molecule has 0 spiro atoms. The molecule has 2 rings (SSSR count). The van der Waals surface area contributed by atoms with Gasteiger partial charge in [-0.1, -0.05) is 12.1 Å². The van der Waals surface area contributed by atoms with Gasteiger partial charge in [-0.2, -0.15) is 0 Å². The molecule has 0 bridgehead atoms. The van der Waals surface area contributed by atoms with Crippen molar-refractivity contribution >= 4 is 11.3 Å². The molecular formula is C15H20N2OS. The molecule has 1 heterocycles. The number of aromatic nitrogens is 1. The molecule has 0 fully saturated rings. The zero-order valence-electron chi connectivity index (χ0n) is 11.9. The number of ether oxygens (including phenoxy) is 1. The molecule has 4 heteroatoms. The third-order valence-electron chi connectivity index (χ3n) is 3.18. The molecule has 102 valence electrons. The van der Waals surface area contributed by atoms with Gasteiger partial charge in [0.15, 0.2) is 0 Å². The highest BCUT2D eigenvalue weighted by atomic mass is 32.1. The van der Waals surface area contributed by atoms with Gasteiger partial charge in [-0.05, 0) is 38.5 Å². The number of nitrogens with zero attached hydrogens (tertiary/aromatic N) is 1. The van der Waals surface area contributed by atoms with Crippen molar-refractivity contribution in [2.75, 3.05) is 7.11 Å². The van der Waals surface area contributed by atoms with Crippen LogP contribution < -0.4 is 10.1 Å². The highest BCUT2D eigenvalue weighted by molar-refractivity contribution is 7.11. The van der Waals surface area contributed by atoms with Crippen LogP contribution in [0, 0.1) is 13.8 Å². The first-order valence-corrected chi connectivity index (χ1v) is 7.22. The summed E-state index contributed by atoms with van der Waals surface area (Å²) in [4.78, 5) is 5.76. The maximum absolute atomic E-state index is 5.17. The monoisotopic (exact) mass is 276 g/mol. The summed E-state index contributed by atoms with van der Waals surface area (Å²) in [6, 6.07) is 8.50. The molecule has 0 aliphatic carbocycles. The number of thiazole rings is 1. The third-order valence-corrected chi connectivity index (χ3v) is 4.26. The van der Waals surface area contributed by atoms with E-state index in [9.17, 15) is 0 Å². The summed E-state index contributed by atoms with van der Waals surface area (Å²) in [5, 5.41) is 4.67. The molecule has 3 nitrogen and oxygen atoms in total. The van der Waals surface area contributed by atoms with Crippen molar-refractivity contribution in [3.63, 3.8) is 0 Å². The van der Waals surface area contributed by atoms with Gasteiger partial charge < -0.3 is 10.1 Å². The Bertz CT molecular complexity index is 534. The summed E-state index contributed by atoms with van der Waals surface area (Å²) >= 11 is 1.76. The fourth-order valence-electron chi connectivity index (χ4n) is 1.99. The van der Waals surface area contributed by atoms with E-state index in [2.05, 4.69) is 36.3 Å². The van der Waals surface area contributed by atoms with Crippen molar-refractivity contribution in [3.05, 3.63) is 45.4 Å². The van der Waals surface area contributed by atoms with Crippen molar-refractivity contribution < 1.29 is 4.74 Å². The summed E-state index contributed by atoms with van der Waals surface area (Å²) in [7, 11) is 1.69. The van der Waals surface area contributed by atoms with Gasteiger partial charge in [0.25, 0.3) is 0 Å². The highest BCUT2D eigenvalue weighted by Crippen LogP contribution is 2.20. The Labute approximate surface area is 118 Å². The molecule has 0 saturated carbocycles. The quantitative estimate of drug-likeness (QED) is 0.905. The second kappa shape index (κ2) is 6.17. The average Bonchev–Trinajstić information content (AvgIpc) is 2.74. The Morgan fingerprint density at radius 1 is 1.26 bits per heavy atom. The predicted molar refractivity (Wildman–Crippen MR) is 79.8 cm³/mol. The summed E-state index contributed by atoms with van der Waals surface area (Å²) in [6.45, 7) is 7.15. The summed E-state index contributed by atoms with van der Waals surface area (Å²) in [6.07, 6.45) is 0. The molecule has 1 N–H and O–H groups in total. The molecule has 0 aliphatic rings. The van der Waals surface area contributed by atoms with E-state index in [0.29, 0.717) is 6.04 Å². The molecule has 2 aromatic rings. The van der Waals surface area contributed by atoms with Crippen LogP contribution >= 0.6 is 11.3 Å². The number of methoxy groups -OCH3 is 1. The zero-order chi connectivity index (χ0) is 13.8. The second-order valence-electron chi connectivity index (χ2n) is 4.62. The third kappa shape index (κ3) is 3.55. The second-order valence-corrected chi connectivity index (χ2v) is 5.90. The largest absolute Gasteiger partial charge is 0.497 e. The number of aryl methyl sites for hydroxylation is 2. The van der Waals surface area contributed by atoms with E-state index in [1.165, 1.54) is 10.4 Å². The number of hydrogen-bond acceptors (Lipinski definition) is 4. The Balaban J connectivity index is 1.96. The van der Waals surface area contributed by atoms with Gasteiger partial charge in [-0.15, -0.1) is 11.3 Å². The first-order chi connectivity index (χ1) is 9.10. The van der Waals surface area contributed by atoms with Crippen LogP contribution in [0.3, 0.4) is 0 Å². The van der Waals surface area contributed by atoms with E-state index in [4.69, 9.17) is 4.74 Å². The van der Waals surface area contributed by atoms with Crippen LogP contribution in [0.1, 0.15) is 34.1 Å². The summed E-state index contributed by atoms with van der Waals surface area (Å²) < 4.78 is 5.17. The smallest absolute Gasteiger partial charge is 0.118 e. The van der Waals surface area contributed by atoms with E-state index in [1.807, 2.05) is 19.1 Å². The predicted octanol–water partition coefficient (Wildman–Crippen LogP) is 3.62. The molecule has 0 unspecified atom stereocenters. The van der Waals surface area contributed by atoms with Gasteiger partial charge in [0, 0.05) is 17.5 Å². The number of rotatable bonds is 5. The lowest BCUT2D eigenvalue weighted by Crippen LogP contribution is -2.17. The Morgan fingerprint density at radius 3 is 2.47 bits per heavy atom. The lowest BCUT2D eigenvalue weighted by Gasteiger charge is -2.14. The van der Waals surface area contributed by atoms with Gasteiger partial charge in [0.1, 0.15) is 5.75 Å². The molecule has 1 aromatic carbocycles. The van der Waals surface area contributed by atoms with E-state index in [1.54, 1.807) is 18.4 Å². The van der Waals surface area contributed by atoms with Gasteiger partial charge in [0.2, 0.25) is 0 Å². The molecule has 0 saturated heterocycles. The normalized spacial score (nSPS) is 12.4. The minimum absolute atomic E-state index is 0.313. The van der Waals surface area contributed by atoms with E-state index in [-0.39, 0.29) is 0 Å². The van der Waals surface area contributed by atoms with Crippen LogP contribution in [-0.2, 0) is 6.54 Å². The van der Waals surface area contributed by atoms with Gasteiger partial charge in [-0.25, -0.2) is 4.98 Å². The Kier molecular flexibility index (Phi) is 4.56. The van der Waals surface area contributed by atoms with Crippen LogP contribution in [0.15, 0.2) is 24.3 Å². The molecular weight excluding hydrogens is 256 g/mol. The molecule has 19 heavy (non-hydrogen) atoms. The summed E-state index contributed by atoms with van der Waals surface area (Å²) in [5.41, 5.74) is 2.40. The van der Waals surface area contributed by atoms with Gasteiger partial charge in [-0.3, -0.25) is 0 Å². The maximum Gasteiger partial charge on any atom is 0.118 e. The first-order valence-electron chi connectivity index (χ1n) is 6.40. The zero-order valence-corrected chi connectivity index (χ0v) is 12.7. The topological polar surface area (TPSA) is 34.1 Å². The van der Waals surface area contributed by atoms with Crippen molar-refractivity contribution in [2.24, 2.45) is 0 Å². The van der Waals surface area contributed by atoms with Crippen molar-refractivity contribution in [1.82, 2.24) is 10.3 Å².